The van der Waals surface area contributed by atoms with Crippen LogP contribution in [0.3, 0.4) is 0 Å². The number of hydrogen-bond donors (Lipinski definition) is 3. The van der Waals surface area contributed by atoms with Gasteiger partial charge in [0.25, 0.3) is 0 Å². The largest absolute Gasteiger partial charge is 0.480 e. The van der Waals surface area contributed by atoms with E-state index >= 15 is 0 Å². The van der Waals surface area contributed by atoms with Crippen molar-refractivity contribution in [1.29, 1.82) is 0 Å². The lowest BCUT2D eigenvalue weighted by molar-refractivity contribution is -0.142. The first kappa shape index (κ1) is 25.1. The number of thioether (sulfide) groups is 1. The van der Waals surface area contributed by atoms with Crippen molar-refractivity contribution in [1.82, 2.24) is 10.6 Å². The molecule has 2 aliphatic rings. The molecule has 2 aromatic rings. The summed E-state index contributed by atoms with van der Waals surface area (Å²) in [6, 6.07) is 15.5. The smallest absolute Gasteiger partial charge is 0.407 e. The van der Waals surface area contributed by atoms with E-state index in [0.717, 1.165) is 24.0 Å². The molecule has 0 radical (unpaired) electrons. The molecular formula is C27H32N2O5S. The minimum absolute atomic E-state index is 0.00704. The number of alkyl carbamates (subject to hydrolysis) is 1. The molecule has 0 spiro atoms. The van der Waals surface area contributed by atoms with Gasteiger partial charge in [-0.15, -0.1) is 0 Å². The minimum Gasteiger partial charge on any atom is -0.480 e. The Labute approximate surface area is 210 Å². The van der Waals surface area contributed by atoms with Crippen molar-refractivity contribution in [3.05, 3.63) is 59.7 Å². The summed E-state index contributed by atoms with van der Waals surface area (Å²) in [5, 5.41) is 14.9. The molecule has 35 heavy (non-hydrogen) atoms. The zero-order valence-corrected chi connectivity index (χ0v) is 20.7. The number of ether oxygens (including phenoxy) is 1. The predicted molar refractivity (Wildman–Crippen MR) is 136 cm³/mol. The molecule has 2 aromatic carbocycles. The molecule has 0 saturated heterocycles. The number of carboxylic acid groups (broad SMARTS) is 1. The Balaban J connectivity index is 1.29. The molecule has 2 aliphatic carbocycles. The van der Waals surface area contributed by atoms with E-state index in [1.165, 1.54) is 11.1 Å². The van der Waals surface area contributed by atoms with Gasteiger partial charge in [0.15, 0.2) is 0 Å². The SMILES string of the molecule is CSCC[C@@H](NC(=O)[C@@H]1CCC[C@@H]1CNC(=O)OCC1c2ccccc2-c2ccccc21)C(=O)O. The third kappa shape index (κ3) is 5.81. The standard InChI is InChI=1S/C27H32N2O5S/c1-35-14-13-24(26(31)32)29-25(30)18-12-6-7-17(18)15-28-27(33)34-16-23-21-10-4-2-8-19(21)20-9-3-5-11-22(20)23/h2-5,8-11,17-18,23-24H,6-7,12-16H2,1H3,(H,28,33)(H,29,30)(H,31,32)/t17-,18-,24-/m1/s1. The summed E-state index contributed by atoms with van der Waals surface area (Å²) < 4.78 is 5.60. The number of nitrogens with one attached hydrogen (secondary N) is 2. The highest BCUT2D eigenvalue weighted by Crippen LogP contribution is 2.44. The van der Waals surface area contributed by atoms with E-state index in [-0.39, 0.29) is 30.3 Å². The first-order chi connectivity index (χ1) is 17.0. The van der Waals surface area contributed by atoms with Gasteiger partial charge in [0, 0.05) is 18.4 Å². The van der Waals surface area contributed by atoms with Crippen molar-refractivity contribution in [2.24, 2.45) is 11.8 Å². The van der Waals surface area contributed by atoms with Gasteiger partial charge in [-0.2, -0.15) is 11.8 Å². The lowest BCUT2D eigenvalue weighted by Gasteiger charge is -2.22. The van der Waals surface area contributed by atoms with Crippen molar-refractivity contribution in [3.63, 3.8) is 0 Å². The van der Waals surface area contributed by atoms with Gasteiger partial charge in [0.2, 0.25) is 5.91 Å². The van der Waals surface area contributed by atoms with Crippen LogP contribution in [0, 0.1) is 11.8 Å². The molecule has 1 saturated carbocycles. The fourth-order valence-electron chi connectivity index (χ4n) is 5.26. The van der Waals surface area contributed by atoms with E-state index in [4.69, 9.17) is 4.74 Å². The maximum Gasteiger partial charge on any atom is 0.407 e. The van der Waals surface area contributed by atoms with Gasteiger partial charge in [0.1, 0.15) is 12.6 Å². The van der Waals surface area contributed by atoms with Gasteiger partial charge >= 0.3 is 12.1 Å². The fraction of sp³-hybridized carbons (Fsp3) is 0.444. The summed E-state index contributed by atoms with van der Waals surface area (Å²) in [5.74, 6) is -0.943. The Morgan fingerprint density at radius 1 is 1.06 bits per heavy atom. The van der Waals surface area contributed by atoms with Crippen molar-refractivity contribution in [3.8, 4) is 11.1 Å². The second kappa shape index (κ2) is 11.6. The second-order valence-corrected chi connectivity index (χ2v) is 10.2. The van der Waals surface area contributed by atoms with Crippen LogP contribution in [0.1, 0.15) is 42.7 Å². The predicted octanol–water partition coefficient (Wildman–Crippen LogP) is 4.26. The molecular weight excluding hydrogens is 464 g/mol. The van der Waals surface area contributed by atoms with Gasteiger partial charge < -0.3 is 20.5 Å². The maximum absolute atomic E-state index is 12.8. The van der Waals surface area contributed by atoms with Crippen LogP contribution in [0.4, 0.5) is 4.79 Å². The van der Waals surface area contributed by atoms with Crippen molar-refractivity contribution in [2.45, 2.75) is 37.6 Å². The third-order valence-corrected chi connectivity index (χ3v) is 7.72. The van der Waals surface area contributed by atoms with Gasteiger partial charge in [-0.1, -0.05) is 55.0 Å². The van der Waals surface area contributed by atoms with E-state index < -0.39 is 18.1 Å². The summed E-state index contributed by atoms with van der Waals surface area (Å²) in [6.07, 6.45) is 4.17. The maximum atomic E-state index is 12.8. The number of carboxylic acids is 1. The Kier molecular flexibility index (Phi) is 8.33. The molecule has 0 heterocycles. The average molecular weight is 497 g/mol. The highest BCUT2D eigenvalue weighted by atomic mass is 32.2. The van der Waals surface area contributed by atoms with Crippen molar-refractivity contribution >= 4 is 29.7 Å². The Morgan fingerprint density at radius 2 is 1.71 bits per heavy atom. The van der Waals surface area contributed by atoms with E-state index in [9.17, 15) is 19.5 Å². The highest BCUT2D eigenvalue weighted by molar-refractivity contribution is 7.98. The van der Waals surface area contributed by atoms with Crippen molar-refractivity contribution in [2.75, 3.05) is 25.2 Å². The number of amides is 2. The number of fused-ring (bicyclic) bond motifs is 3. The van der Waals surface area contributed by atoms with Gasteiger partial charge in [-0.05, 0) is 59.4 Å². The molecule has 3 N–H and O–H groups in total. The normalized spacial score (nSPS) is 19.5. The first-order valence-electron chi connectivity index (χ1n) is 12.1. The van der Waals surface area contributed by atoms with Gasteiger partial charge in [-0.25, -0.2) is 9.59 Å². The van der Waals surface area contributed by atoms with Crippen LogP contribution >= 0.6 is 11.8 Å². The quantitative estimate of drug-likeness (QED) is 0.454. The molecule has 0 bridgehead atoms. The summed E-state index contributed by atoms with van der Waals surface area (Å²) in [7, 11) is 0. The lowest BCUT2D eigenvalue weighted by atomic mass is 9.94. The fourth-order valence-corrected chi connectivity index (χ4v) is 5.73. The summed E-state index contributed by atoms with van der Waals surface area (Å²) in [5.41, 5.74) is 4.66. The van der Waals surface area contributed by atoms with E-state index in [0.29, 0.717) is 25.1 Å². The topological polar surface area (TPSA) is 105 Å². The Morgan fingerprint density at radius 3 is 2.34 bits per heavy atom. The first-order valence-corrected chi connectivity index (χ1v) is 13.5. The van der Waals surface area contributed by atoms with E-state index in [1.807, 2.05) is 30.5 Å². The molecule has 8 heteroatoms. The Bertz CT molecular complexity index is 1030. The average Bonchev–Trinajstić information content (AvgIpc) is 3.46. The molecule has 0 aliphatic heterocycles. The number of carbonyl (C=O) groups is 3. The molecule has 0 aromatic heterocycles. The monoisotopic (exact) mass is 496 g/mol. The van der Waals surface area contributed by atoms with Crippen LogP contribution in [-0.2, 0) is 14.3 Å². The zero-order chi connectivity index (χ0) is 24.8. The molecule has 4 rings (SSSR count). The molecule has 2 amide bonds. The molecule has 7 nitrogen and oxygen atoms in total. The lowest BCUT2D eigenvalue weighted by Crippen LogP contribution is -2.46. The van der Waals surface area contributed by atoms with Crippen LogP contribution in [0.5, 0.6) is 0 Å². The van der Waals surface area contributed by atoms with Crippen LogP contribution in [0.2, 0.25) is 0 Å². The van der Waals surface area contributed by atoms with Crippen LogP contribution < -0.4 is 10.6 Å². The number of carbonyl (C=O) groups excluding carboxylic acids is 2. The van der Waals surface area contributed by atoms with Crippen LogP contribution in [-0.4, -0.2) is 54.3 Å². The number of rotatable bonds is 10. The van der Waals surface area contributed by atoms with Gasteiger partial charge in [-0.3, -0.25) is 4.79 Å². The molecule has 1 fully saturated rings. The van der Waals surface area contributed by atoms with Crippen LogP contribution in [0.25, 0.3) is 11.1 Å². The van der Waals surface area contributed by atoms with E-state index in [1.54, 1.807) is 11.8 Å². The summed E-state index contributed by atoms with van der Waals surface area (Å²) in [4.78, 5) is 36.8. The minimum atomic E-state index is -1.02. The summed E-state index contributed by atoms with van der Waals surface area (Å²) in [6.45, 7) is 0.571. The highest BCUT2D eigenvalue weighted by Gasteiger charge is 2.35. The molecule has 186 valence electrons. The number of aliphatic carboxylic acids is 1. The van der Waals surface area contributed by atoms with Crippen LogP contribution in [0.15, 0.2) is 48.5 Å². The number of hydrogen-bond acceptors (Lipinski definition) is 5. The second-order valence-electron chi connectivity index (χ2n) is 9.18. The summed E-state index contributed by atoms with van der Waals surface area (Å²) >= 11 is 1.55. The van der Waals surface area contributed by atoms with Gasteiger partial charge in [0.05, 0.1) is 0 Å². The Hall–Kier alpha value is -3.00. The zero-order valence-electron chi connectivity index (χ0n) is 19.9. The molecule has 0 unspecified atom stereocenters. The number of benzene rings is 2. The third-order valence-electron chi connectivity index (χ3n) is 7.07. The van der Waals surface area contributed by atoms with E-state index in [2.05, 4.69) is 34.9 Å². The van der Waals surface area contributed by atoms with Crippen molar-refractivity contribution < 1.29 is 24.2 Å². The molecule has 3 atom stereocenters.